The second-order valence-electron chi connectivity index (χ2n) is 6.70. The lowest BCUT2D eigenvalue weighted by atomic mass is 9.74. The van der Waals surface area contributed by atoms with Crippen LogP contribution in [0.4, 0.5) is 4.79 Å². The highest BCUT2D eigenvalue weighted by molar-refractivity contribution is 5.77. The Labute approximate surface area is 119 Å². The van der Waals surface area contributed by atoms with Gasteiger partial charge in [-0.1, -0.05) is 0 Å². The first kappa shape index (κ1) is 15.1. The first-order valence-electron chi connectivity index (χ1n) is 7.18. The Hall–Kier alpha value is -1.30. The molecule has 0 spiro atoms. The van der Waals surface area contributed by atoms with Gasteiger partial charge in [-0.05, 0) is 40.0 Å². The summed E-state index contributed by atoms with van der Waals surface area (Å²) in [6, 6.07) is -0.172. The Morgan fingerprint density at radius 2 is 2.05 bits per heavy atom. The largest absolute Gasteiger partial charge is 0.481 e. The van der Waals surface area contributed by atoms with Gasteiger partial charge in [-0.15, -0.1) is 0 Å². The molecule has 2 fully saturated rings. The van der Waals surface area contributed by atoms with Crippen molar-refractivity contribution in [2.24, 2.45) is 0 Å². The molecule has 2 rings (SSSR count). The molecule has 1 unspecified atom stereocenters. The van der Waals surface area contributed by atoms with Crippen molar-refractivity contribution in [1.82, 2.24) is 10.2 Å². The topological polar surface area (TPSA) is 78.9 Å². The number of ether oxygens (including phenoxy) is 1. The molecule has 0 aromatic rings. The van der Waals surface area contributed by atoms with Gasteiger partial charge in [0.2, 0.25) is 0 Å². The number of morpholine rings is 1. The molecule has 1 atom stereocenters. The minimum absolute atomic E-state index is 0.00201. The predicted octanol–water partition coefficient (Wildman–Crippen LogP) is 1.59. The molecule has 1 saturated carbocycles. The van der Waals surface area contributed by atoms with E-state index in [1.165, 1.54) is 0 Å². The molecule has 2 amide bonds. The van der Waals surface area contributed by atoms with Crippen molar-refractivity contribution < 1.29 is 19.4 Å². The summed E-state index contributed by atoms with van der Waals surface area (Å²) in [6.07, 6.45) is 2.45. The number of nitrogens with zero attached hydrogens (tertiary/aromatic N) is 1. The van der Waals surface area contributed by atoms with Crippen LogP contribution in [0.15, 0.2) is 0 Å². The molecule has 6 heteroatoms. The van der Waals surface area contributed by atoms with Crippen molar-refractivity contribution in [2.45, 2.75) is 63.7 Å². The summed E-state index contributed by atoms with van der Waals surface area (Å²) in [5, 5.41) is 11.9. The SMILES string of the molecule is CC1CN(C(=O)NC2(CC(=O)O)CCC2)CC(C)(C)O1. The molecule has 1 aliphatic heterocycles. The number of amides is 2. The van der Waals surface area contributed by atoms with Gasteiger partial charge in [0.1, 0.15) is 0 Å². The van der Waals surface area contributed by atoms with Crippen LogP contribution in [0, 0.1) is 0 Å². The molecule has 2 aliphatic rings. The van der Waals surface area contributed by atoms with Crippen LogP contribution in [0.2, 0.25) is 0 Å². The average molecular weight is 284 g/mol. The van der Waals surface area contributed by atoms with Crippen molar-refractivity contribution in [3.63, 3.8) is 0 Å². The molecule has 114 valence electrons. The highest BCUT2D eigenvalue weighted by atomic mass is 16.5. The highest BCUT2D eigenvalue weighted by Gasteiger charge is 2.42. The standard InChI is InChI=1S/C14H24N2O4/c1-10-8-16(9-13(2,3)20-10)12(19)15-14(5-4-6-14)7-11(17)18/h10H,4-9H2,1-3H3,(H,15,19)(H,17,18). The summed E-state index contributed by atoms with van der Waals surface area (Å²) in [5.74, 6) is -0.860. The first-order chi connectivity index (χ1) is 9.21. The molecule has 0 aromatic heterocycles. The van der Waals surface area contributed by atoms with Crippen LogP contribution in [0.25, 0.3) is 0 Å². The minimum Gasteiger partial charge on any atom is -0.481 e. The number of aliphatic carboxylic acids is 1. The summed E-state index contributed by atoms with van der Waals surface area (Å²) in [4.78, 5) is 25.1. The third-order valence-electron chi connectivity index (χ3n) is 4.03. The summed E-state index contributed by atoms with van der Waals surface area (Å²) in [5.41, 5.74) is -0.914. The van der Waals surface area contributed by atoms with E-state index in [2.05, 4.69) is 5.32 Å². The normalized spacial score (nSPS) is 27.6. The maximum Gasteiger partial charge on any atom is 0.318 e. The van der Waals surface area contributed by atoms with Gasteiger partial charge in [-0.3, -0.25) is 4.79 Å². The van der Waals surface area contributed by atoms with Crippen molar-refractivity contribution in [1.29, 1.82) is 0 Å². The molecule has 0 aromatic carbocycles. The van der Waals surface area contributed by atoms with Gasteiger partial charge in [-0.2, -0.15) is 0 Å². The minimum atomic E-state index is -0.860. The molecule has 6 nitrogen and oxygen atoms in total. The third-order valence-corrected chi connectivity index (χ3v) is 4.03. The van der Waals surface area contributed by atoms with E-state index in [-0.39, 0.29) is 24.2 Å². The second-order valence-corrected chi connectivity index (χ2v) is 6.70. The number of rotatable bonds is 3. The molecule has 1 aliphatic carbocycles. The van der Waals surface area contributed by atoms with E-state index in [1.54, 1.807) is 4.90 Å². The fourth-order valence-electron chi connectivity index (χ4n) is 3.15. The quantitative estimate of drug-likeness (QED) is 0.825. The second kappa shape index (κ2) is 5.24. The van der Waals surface area contributed by atoms with Crippen LogP contribution in [-0.4, -0.2) is 52.3 Å². The molecule has 2 N–H and O–H groups in total. The van der Waals surface area contributed by atoms with Gasteiger partial charge in [0, 0.05) is 6.54 Å². The Morgan fingerprint density at radius 1 is 1.40 bits per heavy atom. The van der Waals surface area contributed by atoms with Crippen LogP contribution in [0.1, 0.15) is 46.5 Å². The Bertz CT molecular complexity index is 404. The maximum absolute atomic E-state index is 12.4. The van der Waals surface area contributed by atoms with Gasteiger partial charge in [-0.25, -0.2) is 4.79 Å². The Balaban J connectivity index is 1.98. The number of carboxylic acids is 1. The Kier molecular flexibility index (Phi) is 3.95. The lowest BCUT2D eigenvalue weighted by Gasteiger charge is -2.46. The van der Waals surface area contributed by atoms with Crippen LogP contribution < -0.4 is 5.32 Å². The van der Waals surface area contributed by atoms with E-state index in [1.807, 2.05) is 20.8 Å². The fourth-order valence-corrected chi connectivity index (χ4v) is 3.15. The van der Waals surface area contributed by atoms with E-state index in [9.17, 15) is 9.59 Å². The lowest BCUT2D eigenvalue weighted by Crippen LogP contribution is -2.62. The number of nitrogens with one attached hydrogen (secondary N) is 1. The fraction of sp³-hybridized carbons (Fsp3) is 0.857. The third kappa shape index (κ3) is 3.42. The van der Waals surface area contributed by atoms with Gasteiger partial charge in [0.15, 0.2) is 0 Å². The number of hydrogen-bond acceptors (Lipinski definition) is 3. The summed E-state index contributed by atoms with van der Waals surface area (Å²) in [7, 11) is 0. The number of hydrogen-bond donors (Lipinski definition) is 2. The van der Waals surface area contributed by atoms with Crippen molar-refractivity contribution >= 4 is 12.0 Å². The van der Waals surface area contributed by atoms with Gasteiger partial charge in [0.05, 0.1) is 30.2 Å². The van der Waals surface area contributed by atoms with Crippen LogP contribution in [0.5, 0.6) is 0 Å². The number of carbonyl (C=O) groups is 2. The lowest BCUT2D eigenvalue weighted by molar-refractivity contribution is -0.139. The molecule has 20 heavy (non-hydrogen) atoms. The van der Waals surface area contributed by atoms with E-state index in [4.69, 9.17) is 9.84 Å². The number of urea groups is 1. The van der Waals surface area contributed by atoms with Crippen LogP contribution in [-0.2, 0) is 9.53 Å². The van der Waals surface area contributed by atoms with Gasteiger partial charge >= 0.3 is 12.0 Å². The summed E-state index contributed by atoms with van der Waals surface area (Å²) in [6.45, 7) is 6.92. The average Bonchev–Trinajstić information content (AvgIpc) is 2.22. The molecule has 1 saturated heterocycles. The van der Waals surface area contributed by atoms with Gasteiger partial charge < -0.3 is 20.1 Å². The van der Waals surface area contributed by atoms with Crippen LogP contribution >= 0.6 is 0 Å². The molecule has 0 radical (unpaired) electrons. The zero-order chi connectivity index (χ0) is 15.0. The zero-order valence-electron chi connectivity index (χ0n) is 12.4. The number of carboxylic acid groups (broad SMARTS) is 1. The molecule has 1 heterocycles. The zero-order valence-corrected chi connectivity index (χ0v) is 12.4. The molecule has 0 bridgehead atoms. The maximum atomic E-state index is 12.4. The van der Waals surface area contributed by atoms with Crippen LogP contribution in [0.3, 0.4) is 0 Å². The first-order valence-corrected chi connectivity index (χ1v) is 7.18. The Morgan fingerprint density at radius 3 is 2.50 bits per heavy atom. The van der Waals surface area contributed by atoms with Gasteiger partial charge in [0.25, 0.3) is 0 Å². The van der Waals surface area contributed by atoms with Crippen molar-refractivity contribution in [3.8, 4) is 0 Å². The molecular weight excluding hydrogens is 260 g/mol. The predicted molar refractivity (Wildman–Crippen MR) is 73.6 cm³/mol. The van der Waals surface area contributed by atoms with E-state index >= 15 is 0 Å². The van der Waals surface area contributed by atoms with E-state index in [0.717, 1.165) is 19.3 Å². The molecular formula is C14H24N2O4. The van der Waals surface area contributed by atoms with Crippen molar-refractivity contribution in [2.75, 3.05) is 13.1 Å². The summed E-state index contributed by atoms with van der Waals surface area (Å²) >= 11 is 0. The monoisotopic (exact) mass is 284 g/mol. The van der Waals surface area contributed by atoms with Crippen molar-refractivity contribution in [3.05, 3.63) is 0 Å². The highest BCUT2D eigenvalue weighted by Crippen LogP contribution is 2.35. The summed E-state index contributed by atoms with van der Waals surface area (Å²) < 4.78 is 5.77. The smallest absolute Gasteiger partial charge is 0.318 e. The van der Waals surface area contributed by atoms with E-state index < -0.39 is 11.5 Å². The van der Waals surface area contributed by atoms with E-state index in [0.29, 0.717) is 13.1 Å². The number of carbonyl (C=O) groups excluding carboxylic acids is 1.